The third-order valence-corrected chi connectivity index (χ3v) is 5.18. The zero-order valence-corrected chi connectivity index (χ0v) is 14.6. The second-order valence-corrected chi connectivity index (χ2v) is 7.04. The lowest BCUT2D eigenvalue weighted by Gasteiger charge is -2.37. The van der Waals surface area contributed by atoms with Crippen LogP contribution in [0.4, 0.5) is 10.5 Å². The number of fused-ring (bicyclic) bond motifs is 2. The highest BCUT2D eigenvalue weighted by molar-refractivity contribution is 5.90. The number of rotatable bonds is 1. The SMILES string of the molecule is O=C(Nc1cccc(C#Cc2ccccc2)c1)N1[C@H]2CC[C@H]1CC(O)C2. The van der Waals surface area contributed by atoms with E-state index in [-0.39, 0.29) is 24.2 Å². The van der Waals surface area contributed by atoms with Gasteiger partial charge in [-0.3, -0.25) is 0 Å². The number of hydrogen-bond acceptors (Lipinski definition) is 2. The molecule has 2 amide bonds. The van der Waals surface area contributed by atoms with Crippen molar-refractivity contribution in [2.45, 2.75) is 43.9 Å². The molecule has 0 unspecified atom stereocenters. The minimum atomic E-state index is -0.270. The van der Waals surface area contributed by atoms with Crippen LogP contribution in [0.5, 0.6) is 0 Å². The van der Waals surface area contributed by atoms with E-state index in [1.165, 1.54) is 0 Å². The van der Waals surface area contributed by atoms with Crippen molar-refractivity contribution in [2.24, 2.45) is 0 Å². The summed E-state index contributed by atoms with van der Waals surface area (Å²) >= 11 is 0. The van der Waals surface area contributed by atoms with Crippen LogP contribution in [0.3, 0.4) is 0 Å². The first-order valence-electron chi connectivity index (χ1n) is 9.13. The molecule has 4 nitrogen and oxygen atoms in total. The third-order valence-electron chi connectivity index (χ3n) is 5.18. The molecule has 4 rings (SSSR count). The van der Waals surface area contributed by atoms with Gasteiger partial charge in [0, 0.05) is 28.9 Å². The van der Waals surface area contributed by atoms with Crippen molar-refractivity contribution in [3.63, 3.8) is 0 Å². The van der Waals surface area contributed by atoms with E-state index < -0.39 is 0 Å². The Kier molecular flexibility index (Phi) is 4.64. The number of carbonyl (C=O) groups excluding carboxylic acids is 1. The fourth-order valence-electron chi connectivity index (χ4n) is 4.01. The highest BCUT2D eigenvalue weighted by Crippen LogP contribution is 2.36. The Morgan fingerprint density at radius 1 is 0.962 bits per heavy atom. The summed E-state index contributed by atoms with van der Waals surface area (Å²) < 4.78 is 0. The standard InChI is InChI=1S/C22H22N2O2/c25-21-14-19-11-12-20(15-21)24(19)22(26)23-18-8-4-7-17(13-18)10-9-16-5-2-1-3-6-16/h1-8,13,19-21,25H,11-12,14-15H2,(H,23,26)/t19-,20-/m0/s1. The number of piperidine rings is 1. The maximum Gasteiger partial charge on any atom is 0.322 e. The van der Waals surface area contributed by atoms with Crippen LogP contribution < -0.4 is 5.32 Å². The summed E-state index contributed by atoms with van der Waals surface area (Å²) in [7, 11) is 0. The van der Waals surface area contributed by atoms with Crippen LogP contribution in [0.15, 0.2) is 54.6 Å². The molecule has 2 aromatic rings. The summed E-state index contributed by atoms with van der Waals surface area (Å²) in [6, 6.07) is 17.7. The summed E-state index contributed by atoms with van der Waals surface area (Å²) in [6.45, 7) is 0. The minimum absolute atomic E-state index is 0.0717. The first kappa shape index (κ1) is 16.7. The smallest absolute Gasteiger partial charge is 0.322 e. The Morgan fingerprint density at radius 2 is 1.62 bits per heavy atom. The lowest BCUT2D eigenvalue weighted by atomic mass is 10.0. The predicted octanol–water partition coefficient (Wildman–Crippen LogP) is 3.61. The van der Waals surface area contributed by atoms with Crippen molar-refractivity contribution in [1.82, 2.24) is 4.90 Å². The second kappa shape index (κ2) is 7.23. The molecule has 4 heteroatoms. The maximum absolute atomic E-state index is 12.7. The van der Waals surface area contributed by atoms with E-state index in [9.17, 15) is 9.90 Å². The van der Waals surface area contributed by atoms with Gasteiger partial charge in [-0.15, -0.1) is 0 Å². The van der Waals surface area contributed by atoms with Gasteiger partial charge < -0.3 is 15.3 Å². The molecule has 2 atom stereocenters. The molecule has 2 saturated heterocycles. The molecule has 0 saturated carbocycles. The number of aliphatic hydroxyl groups is 1. The van der Waals surface area contributed by atoms with Crippen molar-refractivity contribution in [3.05, 3.63) is 65.7 Å². The van der Waals surface area contributed by atoms with Crippen LogP contribution in [0.2, 0.25) is 0 Å². The Morgan fingerprint density at radius 3 is 2.35 bits per heavy atom. The van der Waals surface area contributed by atoms with Gasteiger partial charge in [-0.05, 0) is 56.0 Å². The molecule has 0 spiro atoms. The molecular formula is C22H22N2O2. The van der Waals surface area contributed by atoms with Gasteiger partial charge in [0.05, 0.1) is 6.10 Å². The molecule has 2 aromatic carbocycles. The quantitative estimate of drug-likeness (QED) is 0.775. The van der Waals surface area contributed by atoms with Crippen LogP contribution in [0.25, 0.3) is 0 Å². The number of nitrogens with zero attached hydrogens (tertiary/aromatic N) is 1. The first-order valence-corrected chi connectivity index (χ1v) is 9.13. The molecule has 2 aliphatic heterocycles. The van der Waals surface area contributed by atoms with E-state index in [1.54, 1.807) is 0 Å². The summed E-state index contributed by atoms with van der Waals surface area (Å²) in [4.78, 5) is 14.6. The number of hydrogen-bond donors (Lipinski definition) is 2. The molecule has 0 aromatic heterocycles. The van der Waals surface area contributed by atoms with Crippen molar-refractivity contribution in [1.29, 1.82) is 0 Å². The Labute approximate surface area is 153 Å². The average Bonchev–Trinajstić information content (AvgIpc) is 2.93. The monoisotopic (exact) mass is 346 g/mol. The Hall–Kier alpha value is -2.77. The zero-order chi connectivity index (χ0) is 17.9. The van der Waals surface area contributed by atoms with E-state index in [0.717, 1.165) is 29.7 Å². The van der Waals surface area contributed by atoms with E-state index in [4.69, 9.17) is 0 Å². The van der Waals surface area contributed by atoms with Gasteiger partial charge in [-0.2, -0.15) is 0 Å². The van der Waals surface area contributed by atoms with Crippen LogP contribution in [-0.4, -0.2) is 34.2 Å². The lowest BCUT2D eigenvalue weighted by molar-refractivity contribution is 0.0580. The highest BCUT2D eigenvalue weighted by Gasteiger charge is 2.42. The largest absolute Gasteiger partial charge is 0.393 e. The van der Waals surface area contributed by atoms with Gasteiger partial charge in [-0.25, -0.2) is 4.79 Å². The van der Waals surface area contributed by atoms with Crippen LogP contribution in [-0.2, 0) is 0 Å². The molecule has 2 heterocycles. The molecule has 2 N–H and O–H groups in total. The van der Waals surface area contributed by atoms with Crippen LogP contribution >= 0.6 is 0 Å². The number of nitrogens with one attached hydrogen (secondary N) is 1. The van der Waals surface area contributed by atoms with Crippen LogP contribution in [0, 0.1) is 11.8 Å². The Bertz CT molecular complexity index is 839. The first-order chi connectivity index (χ1) is 12.7. The topological polar surface area (TPSA) is 52.6 Å². The number of anilines is 1. The van der Waals surface area contributed by atoms with E-state index in [2.05, 4.69) is 17.2 Å². The van der Waals surface area contributed by atoms with Gasteiger partial charge in [0.15, 0.2) is 0 Å². The molecular weight excluding hydrogens is 324 g/mol. The summed E-state index contributed by atoms with van der Waals surface area (Å²) in [5, 5.41) is 12.9. The van der Waals surface area contributed by atoms with Crippen molar-refractivity contribution in [3.8, 4) is 11.8 Å². The number of urea groups is 1. The normalized spacial score (nSPS) is 23.9. The van der Waals surface area contributed by atoms with Gasteiger partial charge in [0.2, 0.25) is 0 Å². The Balaban J connectivity index is 1.46. The van der Waals surface area contributed by atoms with Crippen molar-refractivity contribution < 1.29 is 9.90 Å². The van der Waals surface area contributed by atoms with Gasteiger partial charge >= 0.3 is 6.03 Å². The van der Waals surface area contributed by atoms with Crippen molar-refractivity contribution >= 4 is 11.7 Å². The van der Waals surface area contributed by atoms with E-state index in [0.29, 0.717) is 12.8 Å². The van der Waals surface area contributed by atoms with Crippen molar-refractivity contribution in [2.75, 3.05) is 5.32 Å². The fraction of sp³-hybridized carbons (Fsp3) is 0.318. The molecule has 0 aliphatic carbocycles. The molecule has 0 radical (unpaired) electrons. The van der Waals surface area contributed by atoms with Gasteiger partial charge in [-0.1, -0.05) is 36.1 Å². The van der Waals surface area contributed by atoms with Gasteiger partial charge in [0.1, 0.15) is 0 Å². The third kappa shape index (κ3) is 3.58. The molecule has 132 valence electrons. The molecule has 2 fully saturated rings. The number of amides is 2. The van der Waals surface area contributed by atoms with Gasteiger partial charge in [0.25, 0.3) is 0 Å². The van der Waals surface area contributed by atoms with E-state index >= 15 is 0 Å². The predicted molar refractivity (Wildman–Crippen MR) is 102 cm³/mol. The number of carbonyl (C=O) groups is 1. The number of benzene rings is 2. The van der Waals surface area contributed by atoms with E-state index in [1.807, 2.05) is 59.5 Å². The zero-order valence-electron chi connectivity index (χ0n) is 14.6. The second-order valence-electron chi connectivity index (χ2n) is 7.04. The number of aliphatic hydroxyl groups excluding tert-OH is 1. The fourth-order valence-corrected chi connectivity index (χ4v) is 4.01. The molecule has 2 bridgehead atoms. The maximum atomic E-state index is 12.7. The van der Waals surface area contributed by atoms with Crippen LogP contribution in [0.1, 0.15) is 36.8 Å². The minimum Gasteiger partial charge on any atom is -0.393 e. The lowest BCUT2D eigenvalue weighted by Crippen LogP contribution is -2.49. The molecule has 26 heavy (non-hydrogen) atoms. The average molecular weight is 346 g/mol. The molecule has 2 aliphatic rings. The summed E-state index contributed by atoms with van der Waals surface area (Å²) in [6.07, 6.45) is 3.07. The summed E-state index contributed by atoms with van der Waals surface area (Å²) in [5.74, 6) is 6.27. The highest BCUT2D eigenvalue weighted by atomic mass is 16.3. The summed E-state index contributed by atoms with van der Waals surface area (Å²) in [5.41, 5.74) is 2.58.